The number of rotatable bonds is 2. The minimum atomic E-state index is -3.15. The molecule has 0 unspecified atom stereocenters. The smallest absolute Gasteiger partial charge is 0.323 e. The number of aliphatic carboxylic acids is 1. The highest BCUT2D eigenvalue weighted by Gasteiger charge is 2.45. The highest BCUT2D eigenvalue weighted by atomic mass is 32.2. The Morgan fingerprint density at radius 2 is 2.15 bits per heavy atom. The molecule has 0 heterocycles. The third-order valence-electron chi connectivity index (χ3n) is 2.54. The second-order valence-electron chi connectivity index (χ2n) is 3.66. The predicted molar refractivity (Wildman–Crippen MR) is 47.0 cm³/mol. The Kier molecular flexibility index (Phi) is 2.38. The first-order valence-electron chi connectivity index (χ1n) is 3.97. The maximum absolute atomic E-state index is 11.1. The molecule has 0 saturated heterocycles. The zero-order valence-electron chi connectivity index (χ0n) is 7.36. The summed E-state index contributed by atoms with van der Waals surface area (Å²) in [7, 11) is -3.15. The van der Waals surface area contributed by atoms with Crippen molar-refractivity contribution in [2.75, 3.05) is 6.26 Å². The van der Waals surface area contributed by atoms with Gasteiger partial charge in [-0.15, -0.1) is 0 Å². The molecule has 0 bridgehead atoms. The summed E-state index contributed by atoms with van der Waals surface area (Å²) in [5.41, 5.74) is 4.19. The largest absolute Gasteiger partial charge is 0.480 e. The average Bonchev–Trinajstić information content (AvgIpc) is 2.31. The second-order valence-corrected chi connectivity index (χ2v) is 5.98. The molecule has 0 aromatic heterocycles. The van der Waals surface area contributed by atoms with E-state index in [2.05, 4.69) is 0 Å². The molecule has 1 fully saturated rings. The maximum Gasteiger partial charge on any atom is 0.323 e. The Labute approximate surface area is 76.8 Å². The Morgan fingerprint density at radius 1 is 1.62 bits per heavy atom. The fourth-order valence-electron chi connectivity index (χ4n) is 1.59. The number of hydrogen-bond donors (Lipinski definition) is 2. The van der Waals surface area contributed by atoms with Crippen molar-refractivity contribution in [2.24, 2.45) is 5.73 Å². The van der Waals surface area contributed by atoms with E-state index < -0.39 is 26.6 Å². The molecule has 0 amide bonds. The van der Waals surface area contributed by atoms with Crippen LogP contribution in [0.2, 0.25) is 0 Å². The van der Waals surface area contributed by atoms with Crippen LogP contribution in [0.15, 0.2) is 0 Å². The summed E-state index contributed by atoms with van der Waals surface area (Å²) >= 11 is 0. The van der Waals surface area contributed by atoms with Crippen molar-refractivity contribution in [3.05, 3.63) is 0 Å². The zero-order chi connectivity index (χ0) is 10.3. The van der Waals surface area contributed by atoms with Gasteiger partial charge in [0.15, 0.2) is 0 Å². The molecule has 6 heteroatoms. The summed E-state index contributed by atoms with van der Waals surface area (Å²) in [5, 5.41) is 8.15. The molecule has 5 nitrogen and oxygen atoms in total. The van der Waals surface area contributed by atoms with Crippen LogP contribution in [0, 0.1) is 0 Å². The number of carboxylic acids is 1. The number of nitrogens with two attached hydrogens (primary N) is 1. The lowest BCUT2D eigenvalue weighted by molar-refractivity contribution is -0.143. The summed E-state index contributed by atoms with van der Waals surface area (Å²) in [6.07, 6.45) is 1.73. The quantitative estimate of drug-likeness (QED) is 0.628. The normalized spacial score (nSPS) is 34.8. The molecule has 1 aliphatic rings. The fourth-order valence-corrected chi connectivity index (χ4v) is 2.73. The van der Waals surface area contributed by atoms with Crippen molar-refractivity contribution >= 4 is 15.8 Å². The molecular weight excluding hydrogens is 194 g/mol. The van der Waals surface area contributed by atoms with Crippen molar-refractivity contribution in [1.29, 1.82) is 0 Å². The summed E-state index contributed by atoms with van der Waals surface area (Å²) in [6, 6.07) is 0. The van der Waals surface area contributed by atoms with E-state index in [1.165, 1.54) is 0 Å². The number of carboxylic acid groups (broad SMARTS) is 1. The maximum atomic E-state index is 11.1. The van der Waals surface area contributed by atoms with E-state index in [0.717, 1.165) is 6.26 Å². The second kappa shape index (κ2) is 2.95. The molecule has 0 spiro atoms. The first-order valence-corrected chi connectivity index (χ1v) is 5.92. The standard InChI is InChI=1S/C7H13NO4S/c1-13(11,12)5-2-3-7(8,4-5)6(9)10/h5H,2-4,8H2,1H3,(H,9,10)/t5-,7-/m0/s1. The topological polar surface area (TPSA) is 97.5 Å². The van der Waals surface area contributed by atoms with E-state index in [9.17, 15) is 13.2 Å². The molecule has 0 aromatic carbocycles. The SMILES string of the molecule is CS(=O)(=O)[C@H]1CC[C@@](N)(C(=O)O)C1. The molecule has 1 aliphatic carbocycles. The van der Waals surface area contributed by atoms with E-state index in [1.54, 1.807) is 0 Å². The average molecular weight is 207 g/mol. The minimum Gasteiger partial charge on any atom is -0.480 e. The van der Waals surface area contributed by atoms with Crippen LogP contribution in [0.25, 0.3) is 0 Å². The molecule has 13 heavy (non-hydrogen) atoms. The summed E-state index contributed by atoms with van der Waals surface area (Å²) in [4.78, 5) is 10.7. The van der Waals surface area contributed by atoms with E-state index in [4.69, 9.17) is 10.8 Å². The molecule has 3 N–H and O–H groups in total. The predicted octanol–water partition coefficient (Wildman–Crippen LogP) is -0.634. The summed E-state index contributed by atoms with van der Waals surface area (Å²) < 4.78 is 22.2. The molecule has 0 radical (unpaired) electrons. The molecule has 0 aliphatic heterocycles. The number of carbonyl (C=O) groups is 1. The zero-order valence-corrected chi connectivity index (χ0v) is 8.17. The van der Waals surface area contributed by atoms with Gasteiger partial charge in [-0.25, -0.2) is 8.42 Å². The van der Waals surface area contributed by atoms with Crippen LogP contribution in [0.5, 0.6) is 0 Å². The van der Waals surface area contributed by atoms with Crippen molar-refractivity contribution in [2.45, 2.75) is 30.1 Å². The van der Waals surface area contributed by atoms with Gasteiger partial charge in [0.25, 0.3) is 0 Å². The van der Waals surface area contributed by atoms with E-state index in [-0.39, 0.29) is 12.8 Å². The van der Waals surface area contributed by atoms with E-state index in [0.29, 0.717) is 6.42 Å². The van der Waals surface area contributed by atoms with Gasteiger partial charge in [-0.3, -0.25) is 4.79 Å². The third-order valence-corrected chi connectivity index (χ3v) is 4.15. The van der Waals surface area contributed by atoms with Crippen molar-refractivity contribution in [3.63, 3.8) is 0 Å². The summed E-state index contributed by atoms with van der Waals surface area (Å²) in [5.74, 6) is -1.11. The lowest BCUT2D eigenvalue weighted by atomic mass is 10.0. The van der Waals surface area contributed by atoms with Gasteiger partial charge in [-0.05, 0) is 19.3 Å². The number of hydrogen-bond acceptors (Lipinski definition) is 4. The van der Waals surface area contributed by atoms with Crippen molar-refractivity contribution in [1.82, 2.24) is 0 Å². The molecule has 2 atom stereocenters. The van der Waals surface area contributed by atoms with Crippen molar-refractivity contribution < 1.29 is 18.3 Å². The molecule has 1 rings (SSSR count). The highest BCUT2D eigenvalue weighted by Crippen LogP contribution is 2.31. The van der Waals surface area contributed by atoms with Gasteiger partial charge < -0.3 is 10.8 Å². The number of sulfone groups is 1. The monoisotopic (exact) mass is 207 g/mol. The van der Waals surface area contributed by atoms with Gasteiger partial charge in [-0.2, -0.15) is 0 Å². The van der Waals surface area contributed by atoms with Gasteiger partial charge in [0.1, 0.15) is 15.4 Å². The first-order chi connectivity index (χ1) is 5.76. The minimum absolute atomic E-state index is 0.0289. The molecule has 1 saturated carbocycles. The Hall–Kier alpha value is -0.620. The van der Waals surface area contributed by atoms with Gasteiger partial charge in [0.2, 0.25) is 0 Å². The lowest BCUT2D eigenvalue weighted by Gasteiger charge is -2.17. The highest BCUT2D eigenvalue weighted by molar-refractivity contribution is 7.91. The van der Waals surface area contributed by atoms with Gasteiger partial charge >= 0.3 is 5.97 Å². The van der Waals surface area contributed by atoms with Crippen LogP contribution >= 0.6 is 0 Å². The van der Waals surface area contributed by atoms with Crippen LogP contribution in [0.3, 0.4) is 0 Å². The van der Waals surface area contributed by atoms with Crippen LogP contribution in [0.4, 0.5) is 0 Å². The van der Waals surface area contributed by atoms with Crippen LogP contribution in [0.1, 0.15) is 19.3 Å². The molecular formula is C7H13NO4S. The van der Waals surface area contributed by atoms with E-state index >= 15 is 0 Å². The van der Waals surface area contributed by atoms with Crippen LogP contribution in [-0.4, -0.2) is 36.5 Å². The molecule has 0 aromatic rings. The lowest BCUT2D eigenvalue weighted by Crippen LogP contribution is -2.46. The van der Waals surface area contributed by atoms with Gasteiger partial charge in [0, 0.05) is 6.26 Å². The fraction of sp³-hybridized carbons (Fsp3) is 0.857. The van der Waals surface area contributed by atoms with E-state index in [1.807, 2.05) is 0 Å². The third kappa shape index (κ3) is 2.00. The summed E-state index contributed by atoms with van der Waals surface area (Å²) in [6.45, 7) is 0. The first kappa shape index (κ1) is 10.5. The van der Waals surface area contributed by atoms with Gasteiger partial charge in [-0.1, -0.05) is 0 Å². The van der Waals surface area contributed by atoms with Crippen LogP contribution < -0.4 is 5.73 Å². The Balaban J connectivity index is 2.81. The molecule has 76 valence electrons. The van der Waals surface area contributed by atoms with Gasteiger partial charge in [0.05, 0.1) is 5.25 Å². The van der Waals surface area contributed by atoms with Crippen molar-refractivity contribution in [3.8, 4) is 0 Å². The Morgan fingerprint density at radius 3 is 2.38 bits per heavy atom. The Bertz CT molecular complexity index is 323. The van der Waals surface area contributed by atoms with Crippen LogP contribution in [-0.2, 0) is 14.6 Å².